The highest BCUT2D eigenvalue weighted by molar-refractivity contribution is 5.73. The fraction of sp³-hybridized carbons (Fsp3) is 0.529. The first-order valence-electron chi connectivity index (χ1n) is 7.41. The van der Waals surface area contributed by atoms with Gasteiger partial charge >= 0.3 is 0 Å². The van der Waals surface area contributed by atoms with Crippen LogP contribution >= 0.6 is 0 Å². The zero-order valence-electron chi connectivity index (χ0n) is 12.7. The average molecular weight is 288 g/mol. The third kappa shape index (κ3) is 4.06. The summed E-state index contributed by atoms with van der Waals surface area (Å²) < 4.78 is 0. The number of benzene rings is 1. The van der Waals surface area contributed by atoms with Crippen molar-refractivity contribution < 1.29 is 14.7 Å². The summed E-state index contributed by atoms with van der Waals surface area (Å²) in [5.74, 6) is -1.02. The van der Waals surface area contributed by atoms with Crippen LogP contribution in [0.1, 0.15) is 37.3 Å². The fourth-order valence-electron chi connectivity index (χ4n) is 3.27. The van der Waals surface area contributed by atoms with Crippen molar-refractivity contribution in [3.63, 3.8) is 0 Å². The van der Waals surface area contributed by atoms with Gasteiger partial charge in [0.05, 0.1) is 0 Å². The summed E-state index contributed by atoms with van der Waals surface area (Å²) in [6.07, 6.45) is 2.34. The standard InChI is InChI=1S/C17H23NO3/c1-13-4-6-15(7-5-13)10-17(11-16(20)21)8-3-9-18(12-17)14(2)19/h4-7H,3,8-12H2,1-2H3,(H,20,21)/p-1. The van der Waals surface area contributed by atoms with Gasteiger partial charge < -0.3 is 14.8 Å². The zero-order valence-corrected chi connectivity index (χ0v) is 12.7. The van der Waals surface area contributed by atoms with Crippen LogP contribution < -0.4 is 5.11 Å². The molecule has 0 bridgehead atoms. The molecule has 1 aromatic carbocycles. The topological polar surface area (TPSA) is 60.4 Å². The maximum absolute atomic E-state index is 11.6. The first-order chi connectivity index (χ1) is 9.90. The number of nitrogens with zero attached hydrogens (tertiary/aromatic N) is 1. The van der Waals surface area contributed by atoms with Crippen molar-refractivity contribution in [2.45, 2.75) is 39.5 Å². The van der Waals surface area contributed by atoms with Crippen molar-refractivity contribution in [3.8, 4) is 0 Å². The quantitative estimate of drug-likeness (QED) is 0.839. The lowest BCUT2D eigenvalue weighted by Gasteiger charge is -2.43. The summed E-state index contributed by atoms with van der Waals surface area (Å²) in [7, 11) is 0. The Kier molecular flexibility index (Phi) is 4.66. The van der Waals surface area contributed by atoms with Gasteiger partial charge in [-0.05, 0) is 43.6 Å². The van der Waals surface area contributed by atoms with Crippen LogP contribution in [-0.4, -0.2) is 29.9 Å². The molecule has 1 unspecified atom stereocenters. The lowest BCUT2D eigenvalue weighted by molar-refractivity contribution is -0.308. The predicted molar refractivity (Wildman–Crippen MR) is 78.4 cm³/mol. The summed E-state index contributed by atoms with van der Waals surface area (Å²) in [6, 6.07) is 8.15. The SMILES string of the molecule is CC(=O)N1CCCC(CC(=O)[O-])(Cc2ccc(C)cc2)C1. The molecule has 21 heavy (non-hydrogen) atoms. The van der Waals surface area contributed by atoms with E-state index in [1.165, 1.54) is 5.56 Å². The van der Waals surface area contributed by atoms with Gasteiger partial charge in [-0.15, -0.1) is 0 Å². The van der Waals surface area contributed by atoms with Gasteiger partial charge in [0.15, 0.2) is 0 Å². The number of hydrogen-bond acceptors (Lipinski definition) is 3. The Hall–Kier alpha value is -1.84. The van der Waals surface area contributed by atoms with Crippen LogP contribution in [0.5, 0.6) is 0 Å². The molecule has 1 aliphatic rings. The number of hydrogen-bond donors (Lipinski definition) is 0. The minimum absolute atomic E-state index is 0.00462. The summed E-state index contributed by atoms with van der Waals surface area (Å²) >= 11 is 0. The van der Waals surface area contributed by atoms with Gasteiger partial charge in [-0.1, -0.05) is 29.8 Å². The molecular weight excluding hydrogens is 266 g/mol. The highest BCUT2D eigenvalue weighted by Gasteiger charge is 2.36. The molecule has 114 valence electrons. The summed E-state index contributed by atoms with van der Waals surface area (Å²) in [4.78, 5) is 24.6. The molecule has 1 heterocycles. The first-order valence-corrected chi connectivity index (χ1v) is 7.41. The van der Waals surface area contributed by atoms with E-state index < -0.39 is 11.4 Å². The van der Waals surface area contributed by atoms with Crippen molar-refractivity contribution in [1.82, 2.24) is 4.90 Å². The predicted octanol–water partition coefficient (Wildman–Crippen LogP) is 1.31. The highest BCUT2D eigenvalue weighted by atomic mass is 16.4. The minimum atomic E-state index is -1.03. The monoisotopic (exact) mass is 288 g/mol. The van der Waals surface area contributed by atoms with E-state index in [2.05, 4.69) is 0 Å². The lowest BCUT2D eigenvalue weighted by Crippen LogP contribution is -2.48. The molecule has 0 N–H and O–H groups in total. The number of carbonyl (C=O) groups is 2. The number of carbonyl (C=O) groups excluding carboxylic acids is 2. The van der Waals surface area contributed by atoms with Gasteiger partial charge in [0.25, 0.3) is 0 Å². The summed E-state index contributed by atoms with van der Waals surface area (Å²) in [5, 5.41) is 11.2. The van der Waals surface area contributed by atoms with E-state index in [1.54, 1.807) is 11.8 Å². The van der Waals surface area contributed by atoms with Crippen LogP contribution in [0.2, 0.25) is 0 Å². The Balaban J connectivity index is 2.21. The molecule has 1 amide bonds. The molecule has 0 saturated carbocycles. The number of amides is 1. The number of aryl methyl sites for hydroxylation is 1. The molecule has 0 radical (unpaired) electrons. The van der Waals surface area contributed by atoms with Gasteiger partial charge in [-0.2, -0.15) is 0 Å². The number of likely N-dealkylation sites (tertiary alicyclic amines) is 1. The molecule has 1 aliphatic heterocycles. The third-order valence-corrected chi connectivity index (χ3v) is 4.33. The molecule has 0 aliphatic carbocycles. The van der Waals surface area contributed by atoms with Crippen molar-refractivity contribution in [1.29, 1.82) is 0 Å². The van der Waals surface area contributed by atoms with E-state index in [0.29, 0.717) is 13.0 Å². The number of carboxylic acid groups (broad SMARTS) is 1. The van der Waals surface area contributed by atoms with Crippen LogP contribution in [-0.2, 0) is 16.0 Å². The molecule has 1 atom stereocenters. The first kappa shape index (κ1) is 15.5. The molecule has 2 rings (SSSR count). The molecule has 0 spiro atoms. The number of aliphatic carboxylic acids is 1. The average Bonchev–Trinajstić information content (AvgIpc) is 2.40. The molecule has 0 aromatic heterocycles. The van der Waals surface area contributed by atoms with Gasteiger partial charge in [-0.3, -0.25) is 4.79 Å². The number of piperidine rings is 1. The number of rotatable bonds is 4. The van der Waals surface area contributed by atoms with E-state index in [0.717, 1.165) is 24.9 Å². The van der Waals surface area contributed by atoms with E-state index >= 15 is 0 Å². The van der Waals surface area contributed by atoms with Crippen LogP contribution in [0.25, 0.3) is 0 Å². The largest absolute Gasteiger partial charge is 0.550 e. The minimum Gasteiger partial charge on any atom is -0.550 e. The van der Waals surface area contributed by atoms with Crippen molar-refractivity contribution >= 4 is 11.9 Å². The molecule has 1 saturated heterocycles. The van der Waals surface area contributed by atoms with E-state index in [4.69, 9.17) is 0 Å². The van der Waals surface area contributed by atoms with Crippen molar-refractivity contribution in [2.24, 2.45) is 5.41 Å². The second kappa shape index (κ2) is 6.29. The Bertz CT molecular complexity index is 523. The van der Waals surface area contributed by atoms with Gasteiger partial charge in [0.1, 0.15) is 0 Å². The van der Waals surface area contributed by atoms with Gasteiger partial charge in [0.2, 0.25) is 5.91 Å². The van der Waals surface area contributed by atoms with Crippen LogP contribution in [0.3, 0.4) is 0 Å². The van der Waals surface area contributed by atoms with Crippen LogP contribution in [0, 0.1) is 12.3 Å². The maximum Gasteiger partial charge on any atom is 0.219 e. The molecule has 4 heteroatoms. The molecule has 4 nitrogen and oxygen atoms in total. The maximum atomic E-state index is 11.6. The van der Waals surface area contributed by atoms with Crippen LogP contribution in [0.15, 0.2) is 24.3 Å². The summed E-state index contributed by atoms with van der Waals surface area (Å²) in [6.45, 7) is 4.79. The van der Waals surface area contributed by atoms with E-state index in [1.807, 2.05) is 31.2 Å². The zero-order chi connectivity index (χ0) is 15.5. The van der Waals surface area contributed by atoms with Gasteiger partial charge in [0, 0.05) is 26.0 Å². The Morgan fingerprint density at radius 3 is 2.52 bits per heavy atom. The molecule has 1 aromatic rings. The highest BCUT2D eigenvalue weighted by Crippen LogP contribution is 2.37. The Labute approximate surface area is 125 Å². The van der Waals surface area contributed by atoms with E-state index in [-0.39, 0.29) is 12.3 Å². The van der Waals surface area contributed by atoms with Crippen LogP contribution in [0.4, 0.5) is 0 Å². The normalized spacial score (nSPS) is 22.1. The molecular formula is C17H22NO3-. The number of carboxylic acids is 1. The summed E-state index contributed by atoms with van der Waals surface area (Å²) in [5.41, 5.74) is 1.90. The van der Waals surface area contributed by atoms with Crippen molar-refractivity contribution in [3.05, 3.63) is 35.4 Å². The smallest absolute Gasteiger partial charge is 0.219 e. The Morgan fingerprint density at radius 2 is 1.95 bits per heavy atom. The van der Waals surface area contributed by atoms with E-state index in [9.17, 15) is 14.7 Å². The Morgan fingerprint density at radius 1 is 1.29 bits per heavy atom. The second-order valence-corrected chi connectivity index (χ2v) is 6.26. The lowest BCUT2D eigenvalue weighted by atomic mass is 9.72. The van der Waals surface area contributed by atoms with Crippen molar-refractivity contribution in [2.75, 3.05) is 13.1 Å². The molecule has 1 fully saturated rings. The fourth-order valence-corrected chi connectivity index (χ4v) is 3.27. The van der Waals surface area contributed by atoms with Gasteiger partial charge in [-0.25, -0.2) is 0 Å². The third-order valence-electron chi connectivity index (χ3n) is 4.33. The second-order valence-electron chi connectivity index (χ2n) is 6.26.